The third-order valence-electron chi connectivity index (χ3n) is 1.39. The van der Waals surface area contributed by atoms with Crippen molar-refractivity contribution in [1.29, 1.82) is 0 Å². The fourth-order valence-corrected chi connectivity index (χ4v) is 1.78. The lowest BCUT2D eigenvalue weighted by Crippen LogP contribution is -1.98. The molecular weight excluding hydrogens is 156 g/mol. The van der Waals surface area contributed by atoms with Crippen molar-refractivity contribution in [3.8, 4) is 5.75 Å². The minimum absolute atomic E-state index is 0.348. The molecule has 60 valence electrons. The lowest BCUT2D eigenvalue weighted by Gasteiger charge is -1.97. The number of hydrogen-bond acceptors (Lipinski definition) is 1. The molecule has 1 aromatic rings. The molecule has 1 aromatic carbocycles. The molecule has 0 bridgehead atoms. The van der Waals surface area contributed by atoms with Crippen molar-refractivity contribution >= 4 is 10.9 Å². The van der Waals surface area contributed by atoms with Crippen molar-refractivity contribution in [3.63, 3.8) is 0 Å². The quantitative estimate of drug-likeness (QED) is 0.669. The molecule has 0 atom stereocenters. The van der Waals surface area contributed by atoms with Crippen molar-refractivity contribution in [2.45, 2.75) is 5.75 Å². The van der Waals surface area contributed by atoms with E-state index in [0.717, 1.165) is 5.75 Å². The van der Waals surface area contributed by atoms with Gasteiger partial charge >= 0.3 is 0 Å². The largest absolute Gasteiger partial charge is 0.508 e. The minimum Gasteiger partial charge on any atom is -0.508 e. The van der Waals surface area contributed by atoms with E-state index in [-0.39, 0.29) is 0 Å². The summed E-state index contributed by atoms with van der Waals surface area (Å²) in [6, 6.07) is 7.43. The summed E-state index contributed by atoms with van der Waals surface area (Å²) in [5, 5.41) is 8.99. The molecule has 11 heavy (non-hydrogen) atoms. The van der Waals surface area contributed by atoms with Crippen LogP contribution in [0.2, 0.25) is 0 Å². The summed E-state index contributed by atoms with van der Waals surface area (Å²) in [5.74, 6) is 1.46. The predicted octanol–water partition coefficient (Wildman–Crippen LogP) is 1.77. The van der Waals surface area contributed by atoms with Crippen LogP contribution in [0.4, 0.5) is 0 Å². The smallest absolute Gasteiger partial charge is 0.132 e. The molecule has 1 nitrogen and oxygen atoms in total. The molecule has 0 heterocycles. The Labute approximate surface area is 70.4 Å². The highest BCUT2D eigenvalue weighted by Crippen LogP contribution is 2.11. The van der Waals surface area contributed by atoms with Crippen LogP contribution in [-0.4, -0.2) is 17.6 Å². The summed E-state index contributed by atoms with van der Waals surface area (Å²) in [7, 11) is 0.445. The third-order valence-corrected chi connectivity index (χ3v) is 2.30. The van der Waals surface area contributed by atoms with E-state index in [0.29, 0.717) is 16.6 Å². The summed E-state index contributed by atoms with van der Waals surface area (Å²) in [6.45, 7) is 0. The number of aromatic hydroxyl groups is 1. The monoisotopic (exact) mass is 169 g/mol. The average molecular weight is 169 g/mol. The van der Waals surface area contributed by atoms with Gasteiger partial charge in [0.25, 0.3) is 0 Å². The Morgan fingerprint density at radius 2 is 1.73 bits per heavy atom. The first kappa shape index (κ1) is 8.47. The van der Waals surface area contributed by atoms with Gasteiger partial charge in [-0.3, -0.25) is 0 Å². The van der Waals surface area contributed by atoms with Crippen molar-refractivity contribution in [1.82, 2.24) is 0 Å². The van der Waals surface area contributed by atoms with Gasteiger partial charge in [-0.1, -0.05) is 12.1 Å². The predicted molar refractivity (Wildman–Crippen MR) is 51.0 cm³/mol. The standard InChI is InChI=1S/C9H12OS/c1-11(2)7-8-3-5-9(10)6-4-8/h3-6H,7H2,1-2H3/p+1. The molecule has 0 saturated carbocycles. The molecule has 0 radical (unpaired) electrons. The topological polar surface area (TPSA) is 20.2 Å². The van der Waals surface area contributed by atoms with Crippen LogP contribution in [0.25, 0.3) is 0 Å². The molecule has 0 aliphatic heterocycles. The average Bonchev–Trinajstić information content (AvgIpc) is 1.93. The van der Waals surface area contributed by atoms with Crippen molar-refractivity contribution < 1.29 is 5.11 Å². The normalized spacial score (nSPS) is 10.5. The van der Waals surface area contributed by atoms with Crippen molar-refractivity contribution in [2.75, 3.05) is 12.5 Å². The van der Waals surface area contributed by atoms with Gasteiger partial charge in [0.1, 0.15) is 11.5 Å². The van der Waals surface area contributed by atoms with Crippen LogP contribution in [0.5, 0.6) is 5.75 Å². The van der Waals surface area contributed by atoms with Crippen molar-refractivity contribution in [3.05, 3.63) is 29.8 Å². The van der Waals surface area contributed by atoms with Gasteiger partial charge in [-0.05, 0) is 23.0 Å². The minimum atomic E-state index is 0.348. The Hall–Kier alpha value is -0.630. The Kier molecular flexibility index (Phi) is 2.83. The van der Waals surface area contributed by atoms with E-state index in [1.54, 1.807) is 12.1 Å². The number of rotatable bonds is 2. The summed E-state index contributed by atoms with van der Waals surface area (Å²) in [5.41, 5.74) is 1.30. The lowest BCUT2D eigenvalue weighted by molar-refractivity contribution is 0.475. The molecule has 2 heteroatoms. The van der Waals surface area contributed by atoms with E-state index in [1.165, 1.54) is 5.56 Å². The van der Waals surface area contributed by atoms with Gasteiger partial charge in [-0.25, -0.2) is 0 Å². The molecular formula is C9H13OS+. The van der Waals surface area contributed by atoms with Crippen LogP contribution in [0.1, 0.15) is 5.56 Å². The molecule has 1 rings (SSSR count). The zero-order valence-corrected chi connectivity index (χ0v) is 7.69. The number of phenols is 1. The highest BCUT2D eigenvalue weighted by Gasteiger charge is 2.03. The second-order valence-corrected chi connectivity index (χ2v) is 5.06. The van der Waals surface area contributed by atoms with E-state index in [9.17, 15) is 0 Å². The molecule has 0 amide bonds. The maximum Gasteiger partial charge on any atom is 0.132 e. The zero-order valence-electron chi connectivity index (χ0n) is 6.87. The first-order valence-corrected chi connectivity index (χ1v) is 5.71. The van der Waals surface area contributed by atoms with E-state index in [1.807, 2.05) is 12.1 Å². The van der Waals surface area contributed by atoms with Gasteiger partial charge in [0.2, 0.25) is 0 Å². The van der Waals surface area contributed by atoms with Crippen LogP contribution in [0.3, 0.4) is 0 Å². The highest BCUT2D eigenvalue weighted by molar-refractivity contribution is 7.94. The van der Waals surface area contributed by atoms with Gasteiger partial charge in [-0.2, -0.15) is 0 Å². The molecule has 0 unspecified atom stereocenters. The first-order chi connectivity index (χ1) is 5.18. The molecule has 0 saturated heterocycles. The Morgan fingerprint density at radius 3 is 2.18 bits per heavy atom. The summed E-state index contributed by atoms with van der Waals surface area (Å²) >= 11 is 0. The Bertz CT molecular complexity index is 216. The fraction of sp³-hybridized carbons (Fsp3) is 0.333. The highest BCUT2D eigenvalue weighted by atomic mass is 32.2. The SMILES string of the molecule is C[S+](C)Cc1ccc(O)cc1. The van der Waals surface area contributed by atoms with Crippen LogP contribution >= 0.6 is 0 Å². The molecule has 0 spiro atoms. The second-order valence-electron chi connectivity index (χ2n) is 2.80. The fourth-order valence-electron chi connectivity index (χ4n) is 0.926. The zero-order chi connectivity index (χ0) is 8.27. The van der Waals surface area contributed by atoms with E-state index >= 15 is 0 Å². The van der Waals surface area contributed by atoms with Gasteiger partial charge in [-0.15, -0.1) is 0 Å². The number of phenolic OH excluding ortho intramolecular Hbond substituents is 1. The molecule has 0 aliphatic carbocycles. The van der Waals surface area contributed by atoms with Crippen LogP contribution in [-0.2, 0) is 16.6 Å². The second kappa shape index (κ2) is 3.67. The van der Waals surface area contributed by atoms with Crippen LogP contribution < -0.4 is 0 Å². The van der Waals surface area contributed by atoms with Crippen LogP contribution in [0.15, 0.2) is 24.3 Å². The molecule has 0 aromatic heterocycles. The van der Waals surface area contributed by atoms with Gasteiger partial charge in [0, 0.05) is 5.56 Å². The van der Waals surface area contributed by atoms with E-state index in [4.69, 9.17) is 5.11 Å². The number of benzene rings is 1. The molecule has 0 aliphatic rings. The maximum atomic E-state index is 8.99. The van der Waals surface area contributed by atoms with Gasteiger partial charge in [0.15, 0.2) is 0 Å². The Morgan fingerprint density at radius 1 is 1.18 bits per heavy atom. The molecule has 0 fully saturated rings. The van der Waals surface area contributed by atoms with E-state index in [2.05, 4.69) is 12.5 Å². The molecule has 1 N–H and O–H groups in total. The summed E-state index contributed by atoms with van der Waals surface area (Å²) in [6.07, 6.45) is 4.43. The van der Waals surface area contributed by atoms with E-state index < -0.39 is 0 Å². The third kappa shape index (κ3) is 2.85. The number of hydrogen-bond donors (Lipinski definition) is 1. The van der Waals surface area contributed by atoms with Crippen LogP contribution in [0, 0.1) is 0 Å². The maximum absolute atomic E-state index is 8.99. The van der Waals surface area contributed by atoms with Gasteiger partial charge in [0.05, 0.1) is 12.5 Å². The van der Waals surface area contributed by atoms with Crippen molar-refractivity contribution in [2.24, 2.45) is 0 Å². The summed E-state index contributed by atoms with van der Waals surface area (Å²) in [4.78, 5) is 0. The lowest BCUT2D eigenvalue weighted by atomic mass is 10.2. The summed E-state index contributed by atoms with van der Waals surface area (Å²) < 4.78 is 0. The Balaban J connectivity index is 2.66. The van der Waals surface area contributed by atoms with Gasteiger partial charge < -0.3 is 5.11 Å². The first-order valence-electron chi connectivity index (χ1n) is 3.50.